The lowest BCUT2D eigenvalue weighted by Gasteiger charge is -2.17. The summed E-state index contributed by atoms with van der Waals surface area (Å²) in [6, 6.07) is 23.3. The first-order valence-corrected chi connectivity index (χ1v) is 12.4. The van der Waals surface area contributed by atoms with E-state index in [0.29, 0.717) is 23.4 Å². The van der Waals surface area contributed by atoms with Crippen molar-refractivity contribution in [2.45, 2.75) is 19.4 Å². The van der Waals surface area contributed by atoms with Crippen molar-refractivity contribution in [2.24, 2.45) is 0 Å². The lowest BCUT2D eigenvalue weighted by Crippen LogP contribution is -2.28. The van der Waals surface area contributed by atoms with Crippen LogP contribution in [-0.4, -0.2) is 31.4 Å². The van der Waals surface area contributed by atoms with Gasteiger partial charge in [0.15, 0.2) is 6.29 Å². The number of fused-ring (bicyclic) bond motifs is 2. The maximum Gasteiger partial charge on any atom is 0.227 e. The molecular weight excluding hydrogens is 476 g/mol. The van der Waals surface area contributed by atoms with Crippen LogP contribution in [0, 0.1) is 0 Å². The topological polar surface area (TPSA) is 77.5 Å². The number of methoxy groups -OCH3 is 2. The van der Waals surface area contributed by atoms with Gasteiger partial charge in [-0.2, -0.15) is 0 Å². The first kappa shape index (κ1) is 25.0. The highest BCUT2D eigenvalue weighted by Gasteiger charge is 2.20. The number of nitrogens with one attached hydrogen (secondary N) is 1. The van der Waals surface area contributed by atoms with Crippen molar-refractivity contribution in [3.05, 3.63) is 102 Å². The molecule has 1 aromatic heterocycles. The number of ether oxygens (including phenoxy) is 2. The molecule has 1 N–H and O–H groups in total. The molecule has 0 saturated carbocycles. The molecule has 1 heterocycles. The van der Waals surface area contributed by atoms with Gasteiger partial charge in [0.05, 0.1) is 20.1 Å². The molecule has 0 aliphatic carbocycles. The normalized spacial score (nSPS) is 11.8. The Morgan fingerprint density at radius 3 is 2.53 bits per heavy atom. The number of amides is 1. The highest BCUT2D eigenvalue weighted by atomic mass is 16.5. The molecule has 0 fully saturated rings. The minimum absolute atomic E-state index is 0.158. The maximum absolute atomic E-state index is 13.2. The Hall–Kier alpha value is -4.71. The number of rotatable bonds is 8. The third-order valence-corrected chi connectivity index (χ3v) is 7.02. The molecule has 0 spiro atoms. The van der Waals surface area contributed by atoms with Gasteiger partial charge in [-0.1, -0.05) is 36.4 Å². The van der Waals surface area contributed by atoms with Gasteiger partial charge >= 0.3 is 0 Å². The largest absolute Gasteiger partial charge is 0.497 e. The number of hydrogen-bond acceptors (Lipinski definition) is 5. The number of carbonyl (C=O) groups excluding carboxylic acids is 2. The van der Waals surface area contributed by atoms with E-state index in [0.717, 1.165) is 50.3 Å². The van der Waals surface area contributed by atoms with Crippen molar-refractivity contribution in [2.75, 3.05) is 14.2 Å². The van der Waals surface area contributed by atoms with Crippen molar-refractivity contribution in [3.63, 3.8) is 0 Å². The van der Waals surface area contributed by atoms with E-state index >= 15 is 0 Å². The monoisotopic (exact) mass is 504 g/mol. The molecule has 5 aromatic rings. The summed E-state index contributed by atoms with van der Waals surface area (Å²) in [7, 11) is 3.26. The third-order valence-electron chi connectivity index (χ3n) is 7.02. The van der Waals surface area contributed by atoms with Crippen molar-refractivity contribution >= 4 is 33.7 Å². The molecule has 1 amide bonds. The van der Waals surface area contributed by atoms with Crippen LogP contribution < -0.4 is 14.8 Å². The number of aromatic nitrogens is 1. The molecular formula is C32H28N2O4. The van der Waals surface area contributed by atoms with Gasteiger partial charge < -0.3 is 14.8 Å². The van der Waals surface area contributed by atoms with Gasteiger partial charge in [-0.3, -0.25) is 14.6 Å². The molecule has 6 heteroatoms. The van der Waals surface area contributed by atoms with E-state index in [4.69, 9.17) is 9.47 Å². The van der Waals surface area contributed by atoms with Crippen LogP contribution in [0.1, 0.15) is 34.3 Å². The second-order valence-electron chi connectivity index (χ2n) is 9.14. The van der Waals surface area contributed by atoms with Crippen LogP contribution in [-0.2, 0) is 11.3 Å². The molecule has 0 unspecified atom stereocenters. The molecule has 4 aromatic carbocycles. The van der Waals surface area contributed by atoms with Gasteiger partial charge in [0.1, 0.15) is 11.5 Å². The Morgan fingerprint density at radius 2 is 1.74 bits per heavy atom. The van der Waals surface area contributed by atoms with Gasteiger partial charge in [0.25, 0.3) is 0 Å². The predicted molar refractivity (Wildman–Crippen MR) is 150 cm³/mol. The van der Waals surface area contributed by atoms with Gasteiger partial charge in [-0.25, -0.2) is 0 Å². The summed E-state index contributed by atoms with van der Waals surface area (Å²) in [6.07, 6.45) is 4.42. The summed E-state index contributed by atoms with van der Waals surface area (Å²) in [6.45, 7) is 2.16. The fourth-order valence-electron chi connectivity index (χ4n) is 4.91. The van der Waals surface area contributed by atoms with E-state index in [-0.39, 0.29) is 5.91 Å². The number of hydrogen-bond donors (Lipinski definition) is 1. The summed E-state index contributed by atoms with van der Waals surface area (Å²) in [5.74, 6) is 0.835. The Balaban J connectivity index is 1.41. The SMILES string of the molecule is COc1cccc(-c2ccc(CNC(=O)[C@@H](C)c3ccc4cc(OC)ccc4c3C=O)c3cnccc23)c1. The molecule has 0 saturated heterocycles. The summed E-state index contributed by atoms with van der Waals surface area (Å²) in [5.41, 5.74) is 4.27. The van der Waals surface area contributed by atoms with Crippen LogP contribution in [0.3, 0.4) is 0 Å². The van der Waals surface area contributed by atoms with E-state index < -0.39 is 5.92 Å². The van der Waals surface area contributed by atoms with Gasteiger partial charge in [-0.05, 0) is 81.7 Å². The minimum atomic E-state index is -0.512. The average Bonchev–Trinajstić information content (AvgIpc) is 2.98. The van der Waals surface area contributed by atoms with Crippen LogP contribution in [0.25, 0.3) is 32.7 Å². The van der Waals surface area contributed by atoms with Gasteiger partial charge in [0.2, 0.25) is 5.91 Å². The van der Waals surface area contributed by atoms with Crippen LogP contribution in [0.4, 0.5) is 0 Å². The van der Waals surface area contributed by atoms with Crippen LogP contribution in [0.2, 0.25) is 0 Å². The van der Waals surface area contributed by atoms with Crippen molar-refractivity contribution < 1.29 is 19.1 Å². The van der Waals surface area contributed by atoms with Gasteiger partial charge in [-0.15, -0.1) is 0 Å². The molecule has 0 bridgehead atoms. The number of benzene rings is 4. The first-order valence-electron chi connectivity index (χ1n) is 12.4. The fraction of sp³-hybridized carbons (Fsp3) is 0.156. The molecule has 5 rings (SSSR count). The smallest absolute Gasteiger partial charge is 0.227 e. The summed E-state index contributed by atoms with van der Waals surface area (Å²) >= 11 is 0. The van der Waals surface area contributed by atoms with Crippen molar-refractivity contribution in [1.82, 2.24) is 10.3 Å². The first-order chi connectivity index (χ1) is 18.5. The molecule has 0 aliphatic rings. The predicted octanol–water partition coefficient (Wildman–Crippen LogP) is 6.30. The zero-order valence-corrected chi connectivity index (χ0v) is 21.5. The number of nitrogens with zero attached hydrogens (tertiary/aromatic N) is 1. The van der Waals surface area contributed by atoms with E-state index in [1.165, 1.54) is 0 Å². The Morgan fingerprint density at radius 1 is 0.921 bits per heavy atom. The van der Waals surface area contributed by atoms with E-state index in [1.807, 2.05) is 79.9 Å². The quantitative estimate of drug-likeness (QED) is 0.251. The second kappa shape index (κ2) is 10.7. The summed E-state index contributed by atoms with van der Waals surface area (Å²) in [5, 5.41) is 6.75. The fourth-order valence-corrected chi connectivity index (χ4v) is 4.91. The lowest BCUT2D eigenvalue weighted by molar-refractivity contribution is -0.122. The number of aldehydes is 1. The number of carbonyl (C=O) groups is 2. The van der Waals surface area contributed by atoms with Gasteiger partial charge in [0, 0.05) is 29.9 Å². The van der Waals surface area contributed by atoms with E-state index in [1.54, 1.807) is 20.4 Å². The minimum Gasteiger partial charge on any atom is -0.497 e. The maximum atomic E-state index is 13.2. The molecule has 1 atom stereocenters. The van der Waals surface area contributed by atoms with Crippen LogP contribution in [0.15, 0.2) is 85.2 Å². The van der Waals surface area contributed by atoms with Crippen molar-refractivity contribution in [3.8, 4) is 22.6 Å². The third kappa shape index (κ3) is 4.68. The zero-order chi connectivity index (χ0) is 26.6. The lowest BCUT2D eigenvalue weighted by atomic mass is 9.91. The standard InChI is InChI=1S/C32H28N2O4/c1-20(26-10-7-22-16-25(38-3)9-12-28(22)31(26)19-35)32(36)34-17-23-8-11-27(29-13-14-33-18-30(23)29)21-5-4-6-24(15-21)37-2/h4-16,18-20H,17H2,1-3H3,(H,34,36)/t20-/m0/s1. The molecule has 6 nitrogen and oxygen atoms in total. The summed E-state index contributed by atoms with van der Waals surface area (Å²) in [4.78, 5) is 29.6. The average molecular weight is 505 g/mol. The highest BCUT2D eigenvalue weighted by molar-refractivity contribution is 6.02. The molecule has 38 heavy (non-hydrogen) atoms. The Labute approximate surface area is 221 Å². The van der Waals surface area contributed by atoms with Crippen molar-refractivity contribution in [1.29, 1.82) is 0 Å². The molecule has 190 valence electrons. The van der Waals surface area contributed by atoms with E-state index in [9.17, 15) is 9.59 Å². The molecule has 0 radical (unpaired) electrons. The molecule has 0 aliphatic heterocycles. The second-order valence-corrected chi connectivity index (χ2v) is 9.14. The number of pyridine rings is 1. The zero-order valence-electron chi connectivity index (χ0n) is 21.5. The van der Waals surface area contributed by atoms with Crippen LogP contribution in [0.5, 0.6) is 11.5 Å². The Kier molecular flexibility index (Phi) is 7.05. The Bertz CT molecular complexity index is 1660. The highest BCUT2D eigenvalue weighted by Crippen LogP contribution is 2.33. The van der Waals surface area contributed by atoms with Crippen LogP contribution >= 0.6 is 0 Å². The summed E-state index contributed by atoms with van der Waals surface area (Å²) < 4.78 is 10.7. The van der Waals surface area contributed by atoms with E-state index in [2.05, 4.69) is 16.4 Å².